The van der Waals surface area contributed by atoms with Crippen molar-refractivity contribution in [2.24, 2.45) is 5.73 Å². The lowest BCUT2D eigenvalue weighted by Crippen LogP contribution is -2.35. The summed E-state index contributed by atoms with van der Waals surface area (Å²) in [5.74, 6) is -1.12. The topological polar surface area (TPSA) is 63.3 Å². The summed E-state index contributed by atoms with van der Waals surface area (Å²) in [5.41, 5.74) is 7.64. The standard InChI is InChI=1S/C11H15NO2/c1-7-5-3-4-6-9(7)8(2)10(12)11(13)14/h3-6,8,10H,12H2,1-2H3,(H,13,14)/t8-,10-/m0/s1. The molecular formula is C11H15NO2. The monoisotopic (exact) mass is 193 g/mol. The van der Waals surface area contributed by atoms with Crippen LogP contribution in [0.15, 0.2) is 24.3 Å². The normalized spacial score (nSPS) is 14.8. The predicted molar refractivity (Wildman–Crippen MR) is 55.2 cm³/mol. The molecule has 0 saturated heterocycles. The summed E-state index contributed by atoms with van der Waals surface area (Å²) in [6, 6.07) is 6.87. The predicted octanol–water partition coefficient (Wildman–Crippen LogP) is 1.51. The van der Waals surface area contributed by atoms with Gasteiger partial charge in [0.05, 0.1) is 0 Å². The molecule has 3 nitrogen and oxygen atoms in total. The largest absolute Gasteiger partial charge is 0.480 e. The number of hydrogen-bond donors (Lipinski definition) is 2. The summed E-state index contributed by atoms with van der Waals surface area (Å²) in [6.45, 7) is 3.79. The molecule has 3 heteroatoms. The minimum atomic E-state index is -0.958. The van der Waals surface area contributed by atoms with Crippen LogP contribution < -0.4 is 5.73 Å². The molecule has 0 spiro atoms. The maximum atomic E-state index is 10.7. The molecule has 0 heterocycles. The Labute approximate surface area is 83.6 Å². The first-order valence-corrected chi connectivity index (χ1v) is 4.58. The molecule has 0 unspecified atom stereocenters. The van der Waals surface area contributed by atoms with E-state index in [1.165, 1.54) is 0 Å². The number of carbonyl (C=O) groups is 1. The zero-order valence-corrected chi connectivity index (χ0v) is 8.40. The zero-order valence-electron chi connectivity index (χ0n) is 8.40. The minimum Gasteiger partial charge on any atom is -0.480 e. The highest BCUT2D eigenvalue weighted by Gasteiger charge is 2.22. The van der Waals surface area contributed by atoms with E-state index in [4.69, 9.17) is 10.8 Å². The molecule has 2 atom stereocenters. The Morgan fingerprint density at radius 1 is 1.43 bits per heavy atom. The number of hydrogen-bond acceptors (Lipinski definition) is 2. The van der Waals surface area contributed by atoms with Gasteiger partial charge in [-0.05, 0) is 18.1 Å². The Kier molecular flexibility index (Phi) is 3.25. The molecule has 0 aliphatic carbocycles. The van der Waals surface area contributed by atoms with Gasteiger partial charge in [-0.2, -0.15) is 0 Å². The number of carboxylic acids is 1. The molecule has 0 bridgehead atoms. The van der Waals surface area contributed by atoms with E-state index in [-0.39, 0.29) is 5.92 Å². The first-order chi connectivity index (χ1) is 6.54. The minimum absolute atomic E-state index is 0.159. The number of benzene rings is 1. The summed E-state index contributed by atoms with van der Waals surface area (Å²) < 4.78 is 0. The van der Waals surface area contributed by atoms with Crippen LogP contribution in [0.25, 0.3) is 0 Å². The quantitative estimate of drug-likeness (QED) is 0.764. The van der Waals surface area contributed by atoms with Crippen molar-refractivity contribution in [2.45, 2.75) is 25.8 Å². The molecule has 0 aliphatic rings. The Morgan fingerprint density at radius 3 is 2.50 bits per heavy atom. The highest BCUT2D eigenvalue weighted by Crippen LogP contribution is 2.21. The Hall–Kier alpha value is -1.35. The number of rotatable bonds is 3. The summed E-state index contributed by atoms with van der Waals surface area (Å²) in [5, 5.41) is 8.78. The van der Waals surface area contributed by atoms with E-state index in [1.807, 2.05) is 38.1 Å². The van der Waals surface area contributed by atoms with Crippen molar-refractivity contribution in [1.29, 1.82) is 0 Å². The van der Waals surface area contributed by atoms with E-state index in [9.17, 15) is 4.79 Å². The van der Waals surface area contributed by atoms with Crippen LogP contribution >= 0.6 is 0 Å². The van der Waals surface area contributed by atoms with Gasteiger partial charge in [0, 0.05) is 5.92 Å². The second-order valence-corrected chi connectivity index (χ2v) is 3.51. The summed E-state index contributed by atoms with van der Waals surface area (Å²) in [6.07, 6.45) is 0. The van der Waals surface area contributed by atoms with E-state index in [0.717, 1.165) is 11.1 Å². The molecule has 1 rings (SSSR count). The third kappa shape index (κ3) is 2.12. The Bertz CT molecular complexity index is 336. The van der Waals surface area contributed by atoms with Crippen LogP contribution in [-0.4, -0.2) is 17.1 Å². The fourth-order valence-electron chi connectivity index (χ4n) is 1.50. The number of aryl methyl sites for hydroxylation is 1. The van der Waals surface area contributed by atoms with Gasteiger partial charge in [0.15, 0.2) is 0 Å². The lowest BCUT2D eigenvalue weighted by Gasteiger charge is -2.18. The van der Waals surface area contributed by atoms with Gasteiger partial charge in [0.25, 0.3) is 0 Å². The van der Waals surface area contributed by atoms with Crippen molar-refractivity contribution < 1.29 is 9.90 Å². The highest BCUT2D eigenvalue weighted by atomic mass is 16.4. The fraction of sp³-hybridized carbons (Fsp3) is 0.364. The molecule has 0 amide bonds. The summed E-state index contributed by atoms with van der Waals surface area (Å²) in [7, 11) is 0. The van der Waals surface area contributed by atoms with E-state index in [0.29, 0.717) is 0 Å². The number of aliphatic carboxylic acids is 1. The molecule has 1 aromatic carbocycles. The second-order valence-electron chi connectivity index (χ2n) is 3.51. The molecule has 76 valence electrons. The van der Waals surface area contributed by atoms with Crippen molar-refractivity contribution in [2.75, 3.05) is 0 Å². The lowest BCUT2D eigenvalue weighted by molar-refractivity contribution is -0.139. The molecule has 0 fully saturated rings. The van der Waals surface area contributed by atoms with Gasteiger partial charge in [-0.3, -0.25) is 4.79 Å². The highest BCUT2D eigenvalue weighted by molar-refractivity contribution is 5.74. The van der Waals surface area contributed by atoms with Crippen LogP contribution in [0.4, 0.5) is 0 Å². The Balaban J connectivity index is 2.94. The molecule has 1 aromatic rings. The van der Waals surface area contributed by atoms with Crippen LogP contribution in [0.5, 0.6) is 0 Å². The van der Waals surface area contributed by atoms with Gasteiger partial charge in [-0.1, -0.05) is 31.2 Å². The van der Waals surface area contributed by atoms with Gasteiger partial charge in [-0.25, -0.2) is 0 Å². The molecule has 0 aliphatic heterocycles. The average Bonchev–Trinajstić information content (AvgIpc) is 2.16. The van der Waals surface area contributed by atoms with Gasteiger partial charge < -0.3 is 10.8 Å². The number of carboxylic acid groups (broad SMARTS) is 1. The lowest BCUT2D eigenvalue weighted by atomic mass is 9.91. The van der Waals surface area contributed by atoms with Crippen molar-refractivity contribution in [3.63, 3.8) is 0 Å². The maximum absolute atomic E-state index is 10.7. The second kappa shape index (κ2) is 4.24. The van der Waals surface area contributed by atoms with Crippen molar-refractivity contribution in [3.8, 4) is 0 Å². The van der Waals surface area contributed by atoms with Gasteiger partial charge in [0.1, 0.15) is 6.04 Å². The SMILES string of the molecule is Cc1ccccc1[C@H](C)[C@H](N)C(=O)O. The van der Waals surface area contributed by atoms with E-state index in [2.05, 4.69) is 0 Å². The molecule has 3 N–H and O–H groups in total. The molecule has 0 aromatic heterocycles. The molecule has 14 heavy (non-hydrogen) atoms. The average molecular weight is 193 g/mol. The van der Waals surface area contributed by atoms with Gasteiger partial charge >= 0.3 is 5.97 Å². The van der Waals surface area contributed by atoms with E-state index < -0.39 is 12.0 Å². The molecule has 0 radical (unpaired) electrons. The van der Waals surface area contributed by atoms with Crippen LogP contribution in [0.3, 0.4) is 0 Å². The van der Waals surface area contributed by atoms with Crippen molar-refractivity contribution in [1.82, 2.24) is 0 Å². The van der Waals surface area contributed by atoms with E-state index >= 15 is 0 Å². The van der Waals surface area contributed by atoms with Crippen LogP contribution in [0.1, 0.15) is 24.0 Å². The third-order valence-corrected chi connectivity index (χ3v) is 2.50. The number of nitrogens with two attached hydrogens (primary N) is 1. The van der Waals surface area contributed by atoms with Gasteiger partial charge in [0.2, 0.25) is 0 Å². The van der Waals surface area contributed by atoms with Crippen LogP contribution in [0, 0.1) is 6.92 Å². The molecule has 0 saturated carbocycles. The fourth-order valence-corrected chi connectivity index (χ4v) is 1.50. The van der Waals surface area contributed by atoms with Crippen molar-refractivity contribution >= 4 is 5.97 Å². The Morgan fingerprint density at radius 2 is 2.00 bits per heavy atom. The first kappa shape index (κ1) is 10.7. The first-order valence-electron chi connectivity index (χ1n) is 4.58. The smallest absolute Gasteiger partial charge is 0.321 e. The van der Waals surface area contributed by atoms with Gasteiger partial charge in [-0.15, -0.1) is 0 Å². The summed E-state index contributed by atoms with van der Waals surface area (Å²) >= 11 is 0. The van der Waals surface area contributed by atoms with Crippen LogP contribution in [-0.2, 0) is 4.79 Å². The summed E-state index contributed by atoms with van der Waals surface area (Å²) in [4.78, 5) is 10.7. The molecular weight excluding hydrogens is 178 g/mol. The van der Waals surface area contributed by atoms with Crippen LogP contribution in [0.2, 0.25) is 0 Å². The zero-order chi connectivity index (χ0) is 10.7. The van der Waals surface area contributed by atoms with Crippen molar-refractivity contribution in [3.05, 3.63) is 35.4 Å². The maximum Gasteiger partial charge on any atom is 0.321 e. The third-order valence-electron chi connectivity index (χ3n) is 2.50. The van der Waals surface area contributed by atoms with E-state index in [1.54, 1.807) is 0 Å².